The van der Waals surface area contributed by atoms with Gasteiger partial charge in [-0.05, 0) is 31.9 Å². The lowest BCUT2D eigenvalue weighted by Crippen LogP contribution is -2.27. The van der Waals surface area contributed by atoms with Crippen molar-refractivity contribution in [1.82, 2.24) is 5.32 Å². The molecule has 0 fully saturated rings. The van der Waals surface area contributed by atoms with Gasteiger partial charge in [0.15, 0.2) is 0 Å². The quantitative estimate of drug-likeness (QED) is 0.373. The zero-order chi connectivity index (χ0) is 12.4. The fourth-order valence-corrected chi connectivity index (χ4v) is 0.991. The third-order valence-corrected chi connectivity index (χ3v) is 2.05. The van der Waals surface area contributed by atoms with Gasteiger partial charge in [0, 0.05) is 5.70 Å². The molecule has 0 saturated heterocycles. The van der Waals surface area contributed by atoms with Crippen LogP contribution < -0.4 is 11.1 Å². The molecule has 0 rings (SSSR count). The Balaban J connectivity index is 3.96. The first kappa shape index (κ1) is 14.5. The van der Waals surface area contributed by atoms with Crippen LogP contribution in [0, 0.1) is 0 Å². The molecular formula is C12H20N2O2. The Bertz CT molecular complexity index is 283. The monoisotopic (exact) mass is 224 g/mol. The van der Waals surface area contributed by atoms with Gasteiger partial charge in [0.05, 0.1) is 6.61 Å². The summed E-state index contributed by atoms with van der Waals surface area (Å²) in [4.78, 5) is 10.1. The number of hydrogen-bond acceptors (Lipinski definition) is 3. The molecule has 1 amide bonds. The van der Waals surface area contributed by atoms with Crippen molar-refractivity contribution in [2.75, 3.05) is 6.61 Å². The lowest BCUT2D eigenvalue weighted by Gasteiger charge is -2.12. The average molecular weight is 224 g/mol. The lowest BCUT2D eigenvalue weighted by atomic mass is 10.1. The van der Waals surface area contributed by atoms with Crippen molar-refractivity contribution in [2.45, 2.75) is 26.5 Å². The second-order valence-corrected chi connectivity index (χ2v) is 3.38. The van der Waals surface area contributed by atoms with Crippen LogP contribution in [0.25, 0.3) is 0 Å². The van der Waals surface area contributed by atoms with Gasteiger partial charge in [-0.25, -0.2) is 0 Å². The summed E-state index contributed by atoms with van der Waals surface area (Å²) in [6.45, 7) is 7.81. The molecule has 1 atom stereocenters. The van der Waals surface area contributed by atoms with Crippen molar-refractivity contribution >= 4 is 6.41 Å². The summed E-state index contributed by atoms with van der Waals surface area (Å²) in [5.41, 5.74) is 7.57. The molecule has 0 bridgehead atoms. The van der Waals surface area contributed by atoms with Gasteiger partial charge in [-0.1, -0.05) is 18.7 Å². The SMILES string of the molecule is C=C/C=C\C(N)=C(/C)CCO[C@@H](C)NC=O. The molecular weight excluding hydrogens is 204 g/mol. The molecule has 0 unspecified atom stereocenters. The molecule has 0 aromatic carbocycles. The third kappa shape index (κ3) is 6.84. The maximum Gasteiger partial charge on any atom is 0.209 e. The number of amides is 1. The summed E-state index contributed by atoms with van der Waals surface area (Å²) < 4.78 is 5.33. The summed E-state index contributed by atoms with van der Waals surface area (Å²) in [5.74, 6) is 0. The minimum Gasteiger partial charge on any atom is -0.399 e. The van der Waals surface area contributed by atoms with Crippen LogP contribution in [0.5, 0.6) is 0 Å². The molecule has 0 aliphatic heterocycles. The molecule has 0 heterocycles. The number of carbonyl (C=O) groups is 1. The summed E-state index contributed by atoms with van der Waals surface area (Å²) in [6, 6.07) is 0. The van der Waals surface area contributed by atoms with E-state index in [4.69, 9.17) is 10.5 Å². The molecule has 0 aromatic rings. The molecule has 4 nitrogen and oxygen atoms in total. The number of nitrogens with one attached hydrogen (secondary N) is 1. The van der Waals surface area contributed by atoms with E-state index in [2.05, 4.69) is 11.9 Å². The minimum atomic E-state index is -0.268. The van der Waals surface area contributed by atoms with Gasteiger partial charge in [0.1, 0.15) is 6.23 Å². The van der Waals surface area contributed by atoms with Crippen molar-refractivity contribution in [3.05, 3.63) is 36.1 Å². The molecule has 0 aliphatic rings. The number of allylic oxidation sites excluding steroid dienone is 3. The second-order valence-electron chi connectivity index (χ2n) is 3.38. The number of nitrogens with two attached hydrogens (primary N) is 1. The Morgan fingerprint density at radius 1 is 1.62 bits per heavy atom. The highest BCUT2D eigenvalue weighted by Gasteiger charge is 2.00. The van der Waals surface area contributed by atoms with Gasteiger partial charge in [-0.3, -0.25) is 4.79 Å². The fourth-order valence-electron chi connectivity index (χ4n) is 0.991. The molecule has 16 heavy (non-hydrogen) atoms. The van der Waals surface area contributed by atoms with Crippen molar-refractivity contribution in [3.63, 3.8) is 0 Å². The second kappa shape index (κ2) is 8.73. The molecule has 4 heteroatoms. The molecule has 0 spiro atoms. The van der Waals surface area contributed by atoms with E-state index in [1.54, 1.807) is 25.2 Å². The third-order valence-electron chi connectivity index (χ3n) is 2.05. The normalized spacial score (nSPS) is 14.4. The van der Waals surface area contributed by atoms with Crippen molar-refractivity contribution in [3.8, 4) is 0 Å². The van der Waals surface area contributed by atoms with E-state index in [9.17, 15) is 4.79 Å². The fraction of sp³-hybridized carbons (Fsp3) is 0.417. The van der Waals surface area contributed by atoms with Crippen molar-refractivity contribution in [2.24, 2.45) is 5.73 Å². The predicted octanol–water partition coefficient (Wildman–Crippen LogP) is 1.46. The Labute approximate surface area is 96.8 Å². The summed E-state index contributed by atoms with van der Waals surface area (Å²) in [7, 11) is 0. The van der Waals surface area contributed by atoms with E-state index in [-0.39, 0.29) is 6.23 Å². The van der Waals surface area contributed by atoms with Crippen molar-refractivity contribution < 1.29 is 9.53 Å². The molecule has 0 radical (unpaired) electrons. The first-order valence-corrected chi connectivity index (χ1v) is 5.17. The highest BCUT2D eigenvalue weighted by Crippen LogP contribution is 2.05. The Morgan fingerprint density at radius 2 is 2.31 bits per heavy atom. The van der Waals surface area contributed by atoms with E-state index < -0.39 is 0 Å². The summed E-state index contributed by atoms with van der Waals surface area (Å²) in [6.07, 6.45) is 6.35. The standard InChI is InChI=1S/C12H20N2O2/c1-4-5-6-12(13)10(2)7-8-16-11(3)14-9-15/h4-6,9,11H,1,7-8,13H2,2-3H3,(H,14,15)/b6-5-,12-10-/t11-/m0/s1. The molecule has 0 saturated carbocycles. The largest absolute Gasteiger partial charge is 0.399 e. The van der Waals surface area contributed by atoms with Crippen LogP contribution in [0.3, 0.4) is 0 Å². The number of hydrogen-bond donors (Lipinski definition) is 2. The van der Waals surface area contributed by atoms with Crippen LogP contribution in [0.15, 0.2) is 36.1 Å². The van der Waals surface area contributed by atoms with E-state index in [1.165, 1.54) is 0 Å². The number of ether oxygens (including phenoxy) is 1. The topological polar surface area (TPSA) is 64.3 Å². The van der Waals surface area contributed by atoms with Gasteiger partial charge in [-0.2, -0.15) is 0 Å². The van der Waals surface area contributed by atoms with Crippen LogP contribution in [-0.4, -0.2) is 19.2 Å². The van der Waals surface area contributed by atoms with Crippen LogP contribution in [-0.2, 0) is 9.53 Å². The van der Waals surface area contributed by atoms with Crippen LogP contribution >= 0.6 is 0 Å². The minimum absolute atomic E-state index is 0.268. The van der Waals surface area contributed by atoms with E-state index in [1.807, 2.05) is 6.92 Å². The maximum atomic E-state index is 10.1. The van der Waals surface area contributed by atoms with Crippen molar-refractivity contribution in [1.29, 1.82) is 0 Å². The lowest BCUT2D eigenvalue weighted by molar-refractivity contribution is -0.113. The van der Waals surface area contributed by atoms with Crippen LogP contribution in [0.2, 0.25) is 0 Å². The van der Waals surface area contributed by atoms with Gasteiger partial charge >= 0.3 is 0 Å². The van der Waals surface area contributed by atoms with Gasteiger partial charge in [-0.15, -0.1) is 0 Å². The zero-order valence-electron chi connectivity index (χ0n) is 9.90. The molecule has 3 N–H and O–H groups in total. The molecule has 0 aromatic heterocycles. The Hall–Kier alpha value is -1.55. The first-order chi connectivity index (χ1) is 7.61. The Morgan fingerprint density at radius 3 is 2.88 bits per heavy atom. The summed E-state index contributed by atoms with van der Waals surface area (Å²) >= 11 is 0. The van der Waals surface area contributed by atoms with Crippen LogP contribution in [0.1, 0.15) is 20.3 Å². The Kier molecular flexibility index (Phi) is 7.89. The first-order valence-electron chi connectivity index (χ1n) is 5.17. The number of rotatable bonds is 8. The smallest absolute Gasteiger partial charge is 0.209 e. The van der Waals surface area contributed by atoms with E-state index in [0.29, 0.717) is 13.0 Å². The zero-order valence-corrected chi connectivity index (χ0v) is 9.90. The molecule has 90 valence electrons. The molecule has 0 aliphatic carbocycles. The summed E-state index contributed by atoms with van der Waals surface area (Å²) in [5, 5.41) is 2.51. The highest BCUT2D eigenvalue weighted by atomic mass is 16.5. The maximum absolute atomic E-state index is 10.1. The number of carbonyl (C=O) groups excluding carboxylic acids is 1. The average Bonchev–Trinajstić information content (AvgIpc) is 2.26. The highest BCUT2D eigenvalue weighted by molar-refractivity contribution is 5.46. The predicted molar refractivity (Wildman–Crippen MR) is 65.5 cm³/mol. The van der Waals surface area contributed by atoms with E-state index >= 15 is 0 Å². The van der Waals surface area contributed by atoms with Crippen LogP contribution in [0.4, 0.5) is 0 Å². The van der Waals surface area contributed by atoms with Gasteiger partial charge in [0.2, 0.25) is 6.41 Å². The van der Waals surface area contributed by atoms with Gasteiger partial charge < -0.3 is 15.8 Å². The van der Waals surface area contributed by atoms with E-state index in [0.717, 1.165) is 17.7 Å². The van der Waals surface area contributed by atoms with Gasteiger partial charge in [0.25, 0.3) is 0 Å².